The molecule has 0 aromatic rings. The molecule has 1 aliphatic rings. The van der Waals surface area contributed by atoms with Crippen LogP contribution < -0.4 is 5.32 Å². The van der Waals surface area contributed by atoms with Crippen molar-refractivity contribution in [3.8, 4) is 0 Å². The van der Waals surface area contributed by atoms with Gasteiger partial charge in [0.05, 0.1) is 20.6 Å². The van der Waals surface area contributed by atoms with Crippen LogP contribution in [0, 0.1) is 0 Å². The average Bonchev–Trinajstić information content (AvgIpc) is 1.87. The van der Waals surface area contributed by atoms with Gasteiger partial charge in [0.15, 0.2) is 0 Å². The van der Waals surface area contributed by atoms with E-state index in [1.807, 2.05) is 0 Å². The third kappa shape index (κ3) is 1.50. The lowest BCUT2D eigenvalue weighted by Crippen LogP contribution is -2.60. The average molecular weight is 143 g/mol. The molecule has 1 rings (SSSR count). The van der Waals surface area contributed by atoms with Crippen LogP contribution in [-0.4, -0.2) is 44.3 Å². The van der Waals surface area contributed by atoms with E-state index in [0.29, 0.717) is 0 Å². The summed E-state index contributed by atoms with van der Waals surface area (Å²) < 4.78 is 1.20. The normalized spacial score (nSPS) is 32.1. The first-order chi connectivity index (χ1) is 4.67. The first kappa shape index (κ1) is 8.02. The molecule has 1 unspecified atom stereocenters. The zero-order chi connectivity index (χ0) is 7.61. The third-order valence-electron chi connectivity index (χ3n) is 2.70. The van der Waals surface area contributed by atoms with E-state index in [4.69, 9.17) is 0 Å². The number of likely N-dealkylation sites (N-methyl/N-ethyl adjacent to an activating group) is 1. The van der Waals surface area contributed by atoms with E-state index in [0.717, 1.165) is 6.04 Å². The molecule has 0 amide bonds. The summed E-state index contributed by atoms with van der Waals surface area (Å²) in [4.78, 5) is 0. The van der Waals surface area contributed by atoms with Crippen LogP contribution in [0.15, 0.2) is 0 Å². The molecule has 0 radical (unpaired) electrons. The van der Waals surface area contributed by atoms with Crippen molar-refractivity contribution in [2.24, 2.45) is 0 Å². The number of nitrogens with one attached hydrogen (secondary N) is 1. The van der Waals surface area contributed by atoms with Gasteiger partial charge in [0.25, 0.3) is 0 Å². The van der Waals surface area contributed by atoms with Gasteiger partial charge in [-0.3, -0.25) is 0 Å². The number of hydrogen-bond acceptors (Lipinski definition) is 1. The second-order valence-corrected chi connectivity index (χ2v) is 3.77. The van der Waals surface area contributed by atoms with Crippen molar-refractivity contribution in [3.63, 3.8) is 0 Å². The standard InChI is InChI=1S/C8H19N2/c1-4-8-7-9-5-6-10(8,2)3/h8-9H,4-7H2,1-3H3/q+1. The zero-order valence-electron chi connectivity index (χ0n) is 7.35. The molecule has 1 fully saturated rings. The maximum atomic E-state index is 3.43. The molecule has 60 valence electrons. The summed E-state index contributed by atoms with van der Waals surface area (Å²) in [6.45, 7) is 5.93. The minimum absolute atomic E-state index is 0.828. The van der Waals surface area contributed by atoms with Crippen molar-refractivity contribution in [2.75, 3.05) is 33.7 Å². The van der Waals surface area contributed by atoms with Gasteiger partial charge in [-0.2, -0.15) is 0 Å². The summed E-state index contributed by atoms with van der Waals surface area (Å²) in [5, 5.41) is 3.43. The Bertz CT molecular complexity index is 110. The number of piperazine rings is 1. The van der Waals surface area contributed by atoms with Crippen molar-refractivity contribution in [3.05, 3.63) is 0 Å². The van der Waals surface area contributed by atoms with Crippen LogP contribution in [-0.2, 0) is 0 Å². The maximum Gasteiger partial charge on any atom is 0.101 e. The van der Waals surface area contributed by atoms with Gasteiger partial charge in [-0.15, -0.1) is 0 Å². The van der Waals surface area contributed by atoms with E-state index in [-0.39, 0.29) is 0 Å². The van der Waals surface area contributed by atoms with E-state index in [2.05, 4.69) is 26.3 Å². The topological polar surface area (TPSA) is 12.0 Å². The smallest absolute Gasteiger partial charge is 0.101 e. The Balaban J connectivity index is 2.51. The molecular weight excluding hydrogens is 124 g/mol. The lowest BCUT2D eigenvalue weighted by Gasteiger charge is -2.41. The third-order valence-corrected chi connectivity index (χ3v) is 2.70. The van der Waals surface area contributed by atoms with Crippen molar-refractivity contribution in [1.29, 1.82) is 0 Å². The first-order valence-electron chi connectivity index (χ1n) is 4.20. The minimum atomic E-state index is 0.828. The number of nitrogens with zero attached hydrogens (tertiary/aromatic N) is 1. The SMILES string of the molecule is CCC1CNCC[N+]1(C)C. The van der Waals surface area contributed by atoms with Gasteiger partial charge in [-0.05, 0) is 6.42 Å². The van der Waals surface area contributed by atoms with Crippen LogP contribution >= 0.6 is 0 Å². The monoisotopic (exact) mass is 143 g/mol. The molecule has 1 aliphatic heterocycles. The lowest BCUT2D eigenvalue weighted by atomic mass is 10.1. The lowest BCUT2D eigenvalue weighted by molar-refractivity contribution is -0.917. The Kier molecular flexibility index (Phi) is 2.32. The highest BCUT2D eigenvalue weighted by Crippen LogP contribution is 2.11. The Hall–Kier alpha value is -0.0800. The van der Waals surface area contributed by atoms with Crippen molar-refractivity contribution >= 4 is 0 Å². The van der Waals surface area contributed by atoms with Crippen molar-refractivity contribution in [1.82, 2.24) is 5.32 Å². The molecular formula is C8H19N2+. The molecule has 1 saturated heterocycles. The molecule has 1 heterocycles. The molecule has 0 bridgehead atoms. The van der Waals surface area contributed by atoms with Gasteiger partial charge >= 0.3 is 0 Å². The second-order valence-electron chi connectivity index (χ2n) is 3.77. The highest BCUT2D eigenvalue weighted by molar-refractivity contribution is 4.65. The maximum absolute atomic E-state index is 3.43. The van der Waals surface area contributed by atoms with Gasteiger partial charge in [0.1, 0.15) is 6.04 Å². The van der Waals surface area contributed by atoms with Gasteiger partial charge in [0.2, 0.25) is 0 Å². The molecule has 0 aliphatic carbocycles. The Morgan fingerprint density at radius 2 is 2.20 bits per heavy atom. The van der Waals surface area contributed by atoms with Gasteiger partial charge in [-0.25, -0.2) is 0 Å². The number of quaternary nitrogens is 1. The van der Waals surface area contributed by atoms with Crippen molar-refractivity contribution < 1.29 is 4.48 Å². The number of rotatable bonds is 1. The molecule has 1 N–H and O–H groups in total. The highest BCUT2D eigenvalue weighted by atomic mass is 15.4. The zero-order valence-corrected chi connectivity index (χ0v) is 7.35. The molecule has 0 saturated carbocycles. The van der Waals surface area contributed by atoms with Crippen LogP contribution in [0.4, 0.5) is 0 Å². The van der Waals surface area contributed by atoms with Gasteiger partial charge in [-0.1, -0.05) is 6.92 Å². The summed E-state index contributed by atoms with van der Waals surface area (Å²) in [6.07, 6.45) is 1.29. The molecule has 0 aromatic heterocycles. The quantitative estimate of drug-likeness (QED) is 0.525. The summed E-state index contributed by atoms with van der Waals surface area (Å²) in [6, 6.07) is 0.828. The summed E-state index contributed by atoms with van der Waals surface area (Å²) in [5.41, 5.74) is 0. The van der Waals surface area contributed by atoms with Crippen LogP contribution in [0.25, 0.3) is 0 Å². The Morgan fingerprint density at radius 3 is 2.60 bits per heavy atom. The van der Waals surface area contributed by atoms with Crippen LogP contribution in [0.1, 0.15) is 13.3 Å². The van der Waals surface area contributed by atoms with Crippen molar-refractivity contribution in [2.45, 2.75) is 19.4 Å². The fourth-order valence-electron chi connectivity index (χ4n) is 1.70. The van der Waals surface area contributed by atoms with E-state index >= 15 is 0 Å². The Morgan fingerprint density at radius 1 is 1.50 bits per heavy atom. The molecule has 10 heavy (non-hydrogen) atoms. The van der Waals surface area contributed by atoms with Crippen LogP contribution in [0.5, 0.6) is 0 Å². The predicted molar refractivity (Wildman–Crippen MR) is 43.9 cm³/mol. The fraction of sp³-hybridized carbons (Fsp3) is 1.00. The largest absolute Gasteiger partial charge is 0.324 e. The molecule has 0 aromatic carbocycles. The first-order valence-corrected chi connectivity index (χ1v) is 4.20. The van der Waals surface area contributed by atoms with Crippen LogP contribution in [0.3, 0.4) is 0 Å². The minimum Gasteiger partial charge on any atom is -0.324 e. The second kappa shape index (κ2) is 2.89. The molecule has 1 atom stereocenters. The van der Waals surface area contributed by atoms with E-state index in [1.165, 1.54) is 30.5 Å². The summed E-state index contributed by atoms with van der Waals surface area (Å²) in [7, 11) is 4.66. The Labute approximate surface area is 63.8 Å². The highest BCUT2D eigenvalue weighted by Gasteiger charge is 2.28. The molecule has 0 spiro atoms. The predicted octanol–water partition coefficient (Wildman–Crippen LogP) is 0.445. The summed E-state index contributed by atoms with van der Waals surface area (Å²) >= 11 is 0. The van der Waals surface area contributed by atoms with Gasteiger partial charge < -0.3 is 9.80 Å². The summed E-state index contributed by atoms with van der Waals surface area (Å²) in [5.74, 6) is 0. The number of hydrogen-bond donors (Lipinski definition) is 1. The fourth-order valence-corrected chi connectivity index (χ4v) is 1.70. The van der Waals surface area contributed by atoms with E-state index in [9.17, 15) is 0 Å². The molecule has 2 heteroatoms. The van der Waals surface area contributed by atoms with Crippen LogP contribution in [0.2, 0.25) is 0 Å². The molecule has 2 nitrogen and oxygen atoms in total. The van der Waals surface area contributed by atoms with E-state index in [1.54, 1.807) is 0 Å². The van der Waals surface area contributed by atoms with E-state index < -0.39 is 0 Å². The van der Waals surface area contributed by atoms with Gasteiger partial charge in [0, 0.05) is 13.1 Å².